The van der Waals surface area contributed by atoms with E-state index in [4.69, 9.17) is 0 Å². The fourth-order valence-electron chi connectivity index (χ4n) is 2.29. The number of aryl methyl sites for hydroxylation is 1. The number of benzene rings is 1. The Kier molecular flexibility index (Phi) is 3.31. The molecule has 21 heavy (non-hydrogen) atoms. The highest BCUT2D eigenvalue weighted by Gasteiger charge is 2.19. The molecule has 3 rings (SSSR count). The maximum atomic E-state index is 12.3. The van der Waals surface area contributed by atoms with Crippen LogP contribution in [0.5, 0.6) is 0 Å². The van der Waals surface area contributed by atoms with E-state index in [-0.39, 0.29) is 18.0 Å². The highest BCUT2D eigenvalue weighted by atomic mass is 16.1. The zero-order valence-electron chi connectivity index (χ0n) is 11.5. The molecule has 3 aromatic rings. The number of hydrogen-bond acceptors (Lipinski definition) is 4. The van der Waals surface area contributed by atoms with Crippen LogP contribution in [-0.2, 0) is 7.05 Å². The molecule has 5 heteroatoms. The van der Waals surface area contributed by atoms with Gasteiger partial charge < -0.3 is 0 Å². The van der Waals surface area contributed by atoms with E-state index in [9.17, 15) is 9.59 Å². The molecule has 0 spiro atoms. The molecule has 0 unspecified atom stereocenters. The van der Waals surface area contributed by atoms with Crippen LogP contribution in [0.2, 0.25) is 0 Å². The van der Waals surface area contributed by atoms with Crippen molar-refractivity contribution in [2.75, 3.05) is 0 Å². The van der Waals surface area contributed by atoms with Gasteiger partial charge in [0.1, 0.15) is 5.69 Å². The van der Waals surface area contributed by atoms with Crippen LogP contribution in [0.4, 0.5) is 0 Å². The first-order valence-corrected chi connectivity index (χ1v) is 6.55. The van der Waals surface area contributed by atoms with E-state index in [1.165, 1.54) is 12.4 Å². The van der Waals surface area contributed by atoms with Crippen molar-refractivity contribution >= 4 is 22.5 Å². The highest BCUT2D eigenvalue weighted by Crippen LogP contribution is 2.19. The van der Waals surface area contributed by atoms with Crippen molar-refractivity contribution in [1.82, 2.24) is 14.8 Å². The fraction of sp³-hybridized carbons (Fsp3) is 0.125. The lowest BCUT2D eigenvalue weighted by atomic mass is 10.0. The molecule has 0 bridgehead atoms. The summed E-state index contributed by atoms with van der Waals surface area (Å²) < 4.78 is 1.65. The number of rotatable bonds is 4. The van der Waals surface area contributed by atoms with E-state index in [1.807, 2.05) is 24.3 Å². The van der Waals surface area contributed by atoms with Crippen LogP contribution in [0.15, 0.2) is 48.8 Å². The summed E-state index contributed by atoms with van der Waals surface area (Å²) >= 11 is 0. The maximum Gasteiger partial charge on any atom is 0.191 e. The van der Waals surface area contributed by atoms with Crippen LogP contribution in [0.3, 0.4) is 0 Å². The second-order valence-electron chi connectivity index (χ2n) is 4.75. The van der Waals surface area contributed by atoms with Crippen molar-refractivity contribution in [2.45, 2.75) is 6.42 Å². The van der Waals surface area contributed by atoms with Gasteiger partial charge in [0.25, 0.3) is 0 Å². The van der Waals surface area contributed by atoms with Gasteiger partial charge in [0.2, 0.25) is 0 Å². The predicted molar refractivity (Wildman–Crippen MR) is 78.2 cm³/mol. The molecule has 0 fully saturated rings. The van der Waals surface area contributed by atoms with Gasteiger partial charge in [-0.05, 0) is 18.2 Å². The largest absolute Gasteiger partial charge is 0.294 e. The molecule has 0 N–H and O–H groups in total. The third-order valence-corrected chi connectivity index (χ3v) is 3.35. The molecule has 0 saturated heterocycles. The monoisotopic (exact) mass is 279 g/mol. The minimum atomic E-state index is -0.270. The van der Waals surface area contributed by atoms with E-state index in [1.54, 1.807) is 23.9 Å². The first kappa shape index (κ1) is 13.2. The minimum Gasteiger partial charge on any atom is -0.294 e. The lowest BCUT2D eigenvalue weighted by molar-refractivity contribution is 0.0892. The summed E-state index contributed by atoms with van der Waals surface area (Å²) in [6.07, 6.45) is 2.88. The van der Waals surface area contributed by atoms with Crippen molar-refractivity contribution in [3.63, 3.8) is 0 Å². The van der Waals surface area contributed by atoms with Crippen molar-refractivity contribution < 1.29 is 9.59 Å². The number of aromatic nitrogens is 3. The number of carbonyl (C=O) groups excluding carboxylic acids is 2. The number of para-hydroxylation sites is 1. The molecule has 2 heterocycles. The van der Waals surface area contributed by atoms with Gasteiger partial charge in [-0.15, -0.1) is 0 Å². The zero-order chi connectivity index (χ0) is 14.8. The van der Waals surface area contributed by atoms with Gasteiger partial charge in [-0.1, -0.05) is 18.2 Å². The SMILES string of the molecule is Cn1nc(C(=O)CC(=O)c2ccncc2)c2ccccc21. The Hall–Kier alpha value is -2.82. The predicted octanol–water partition coefficient (Wildman–Crippen LogP) is 2.42. The van der Waals surface area contributed by atoms with Crippen molar-refractivity contribution in [3.8, 4) is 0 Å². The summed E-state index contributed by atoms with van der Waals surface area (Å²) in [5.74, 6) is -0.495. The first-order chi connectivity index (χ1) is 10.2. The summed E-state index contributed by atoms with van der Waals surface area (Å²) in [7, 11) is 1.78. The fourth-order valence-corrected chi connectivity index (χ4v) is 2.29. The normalized spacial score (nSPS) is 10.7. The number of carbonyl (C=O) groups is 2. The average molecular weight is 279 g/mol. The molecule has 2 aromatic heterocycles. The van der Waals surface area contributed by atoms with E-state index in [0.717, 1.165) is 10.9 Å². The van der Waals surface area contributed by atoms with Crippen LogP contribution < -0.4 is 0 Å². The lowest BCUT2D eigenvalue weighted by Crippen LogP contribution is -2.10. The van der Waals surface area contributed by atoms with Crippen LogP contribution in [0.1, 0.15) is 27.3 Å². The number of hydrogen-bond donors (Lipinski definition) is 0. The van der Waals surface area contributed by atoms with Crippen LogP contribution in [0.25, 0.3) is 10.9 Å². The number of Topliss-reactive ketones (excluding diaryl/α,β-unsaturated/α-hetero) is 2. The smallest absolute Gasteiger partial charge is 0.191 e. The molecule has 0 atom stereocenters. The Bertz CT molecular complexity index is 822. The second kappa shape index (κ2) is 5.28. The molecule has 0 aliphatic carbocycles. The second-order valence-corrected chi connectivity index (χ2v) is 4.75. The summed E-state index contributed by atoms with van der Waals surface area (Å²) in [4.78, 5) is 28.3. The molecule has 0 aliphatic rings. The molecular formula is C16H13N3O2. The van der Waals surface area contributed by atoms with Gasteiger partial charge in [-0.2, -0.15) is 5.10 Å². The average Bonchev–Trinajstić information content (AvgIpc) is 2.86. The highest BCUT2D eigenvalue weighted by molar-refractivity contribution is 6.16. The van der Waals surface area contributed by atoms with E-state index in [2.05, 4.69) is 10.1 Å². The van der Waals surface area contributed by atoms with Gasteiger partial charge in [0.15, 0.2) is 11.6 Å². The van der Waals surface area contributed by atoms with Crippen molar-refractivity contribution in [1.29, 1.82) is 0 Å². The molecule has 0 amide bonds. The zero-order valence-corrected chi connectivity index (χ0v) is 11.5. The standard InChI is InChI=1S/C16H13N3O2/c1-19-13-5-3-2-4-12(13)16(18-19)15(21)10-14(20)11-6-8-17-9-7-11/h2-9H,10H2,1H3. The third kappa shape index (κ3) is 2.45. The van der Waals surface area contributed by atoms with Gasteiger partial charge in [-0.3, -0.25) is 19.3 Å². The Morgan fingerprint density at radius 2 is 1.76 bits per heavy atom. The van der Waals surface area contributed by atoms with Crippen molar-refractivity contribution in [2.24, 2.45) is 7.05 Å². The Morgan fingerprint density at radius 3 is 2.52 bits per heavy atom. The Balaban J connectivity index is 1.90. The summed E-state index contributed by atoms with van der Waals surface area (Å²) in [5, 5.41) is 5.01. The molecule has 5 nitrogen and oxygen atoms in total. The molecule has 0 aliphatic heterocycles. The molecule has 1 aromatic carbocycles. The van der Waals surface area contributed by atoms with Gasteiger partial charge in [0, 0.05) is 30.4 Å². The van der Waals surface area contributed by atoms with E-state index < -0.39 is 0 Å². The van der Waals surface area contributed by atoms with E-state index in [0.29, 0.717) is 11.3 Å². The summed E-state index contributed by atoms with van der Waals surface area (Å²) in [6.45, 7) is 0. The maximum absolute atomic E-state index is 12.3. The number of pyridine rings is 1. The first-order valence-electron chi connectivity index (χ1n) is 6.55. The minimum absolute atomic E-state index is 0.189. The number of ketones is 2. The molecule has 104 valence electrons. The number of nitrogens with zero attached hydrogens (tertiary/aromatic N) is 3. The number of fused-ring (bicyclic) bond motifs is 1. The van der Waals surface area contributed by atoms with Crippen LogP contribution >= 0.6 is 0 Å². The Labute approximate surface area is 121 Å². The molecule has 0 radical (unpaired) electrons. The molecule has 0 saturated carbocycles. The van der Waals surface area contributed by atoms with Crippen LogP contribution in [-0.4, -0.2) is 26.3 Å². The summed E-state index contributed by atoms with van der Waals surface area (Å²) in [6, 6.07) is 10.7. The van der Waals surface area contributed by atoms with Gasteiger partial charge in [0.05, 0.1) is 11.9 Å². The Morgan fingerprint density at radius 1 is 1.05 bits per heavy atom. The topological polar surface area (TPSA) is 64.8 Å². The third-order valence-electron chi connectivity index (χ3n) is 3.35. The molecular weight excluding hydrogens is 266 g/mol. The van der Waals surface area contributed by atoms with E-state index >= 15 is 0 Å². The van der Waals surface area contributed by atoms with Crippen molar-refractivity contribution in [3.05, 3.63) is 60.0 Å². The van der Waals surface area contributed by atoms with Gasteiger partial charge in [-0.25, -0.2) is 0 Å². The quantitative estimate of drug-likeness (QED) is 0.543. The van der Waals surface area contributed by atoms with Crippen LogP contribution in [0, 0.1) is 0 Å². The van der Waals surface area contributed by atoms with Gasteiger partial charge >= 0.3 is 0 Å². The lowest BCUT2D eigenvalue weighted by Gasteiger charge is -1.99. The summed E-state index contributed by atoms with van der Waals surface area (Å²) in [5.41, 5.74) is 1.70.